The van der Waals surface area contributed by atoms with Crippen LogP contribution < -0.4 is 4.74 Å². The molecule has 1 aromatic rings. The molecule has 1 atom stereocenters. The standard InChI is InChI=1S/C16H20F3NO/c1-3-4-5-6-7-12(2)21-15-9-8-14(16(17,18)19)10-13(15)11-20/h8-10,12H,3-7H2,1-2H3. The van der Waals surface area contributed by atoms with Crippen LogP contribution >= 0.6 is 0 Å². The van der Waals surface area contributed by atoms with Gasteiger partial charge in [-0.15, -0.1) is 0 Å². The van der Waals surface area contributed by atoms with Gasteiger partial charge in [-0.2, -0.15) is 18.4 Å². The lowest BCUT2D eigenvalue weighted by Crippen LogP contribution is -2.13. The predicted molar refractivity (Wildman–Crippen MR) is 75.0 cm³/mol. The van der Waals surface area contributed by atoms with Crippen LogP contribution in [0.4, 0.5) is 13.2 Å². The number of alkyl halides is 3. The normalized spacial score (nSPS) is 12.8. The fourth-order valence-corrected chi connectivity index (χ4v) is 2.03. The van der Waals surface area contributed by atoms with E-state index in [1.54, 1.807) is 6.07 Å². The van der Waals surface area contributed by atoms with Gasteiger partial charge in [0.15, 0.2) is 0 Å². The Morgan fingerprint density at radius 2 is 1.95 bits per heavy atom. The summed E-state index contributed by atoms with van der Waals surface area (Å²) in [4.78, 5) is 0. The molecule has 0 aliphatic carbocycles. The fourth-order valence-electron chi connectivity index (χ4n) is 2.03. The van der Waals surface area contributed by atoms with E-state index in [1.807, 2.05) is 6.92 Å². The molecule has 0 aliphatic rings. The quantitative estimate of drug-likeness (QED) is 0.639. The summed E-state index contributed by atoms with van der Waals surface area (Å²) < 4.78 is 43.4. The van der Waals surface area contributed by atoms with Crippen LogP contribution in [0.25, 0.3) is 0 Å². The second kappa shape index (κ2) is 7.92. The molecule has 1 unspecified atom stereocenters. The summed E-state index contributed by atoms with van der Waals surface area (Å²) in [5.74, 6) is 0.216. The van der Waals surface area contributed by atoms with E-state index in [9.17, 15) is 13.2 Å². The van der Waals surface area contributed by atoms with Crippen molar-refractivity contribution in [3.8, 4) is 11.8 Å². The van der Waals surface area contributed by atoms with Crippen molar-refractivity contribution in [2.75, 3.05) is 0 Å². The molecule has 0 aromatic heterocycles. The van der Waals surface area contributed by atoms with Crippen LogP contribution in [0.3, 0.4) is 0 Å². The monoisotopic (exact) mass is 299 g/mol. The first-order chi connectivity index (χ1) is 9.88. The van der Waals surface area contributed by atoms with E-state index in [4.69, 9.17) is 10.00 Å². The zero-order valence-electron chi connectivity index (χ0n) is 12.3. The Kier molecular flexibility index (Phi) is 6.54. The van der Waals surface area contributed by atoms with Crippen molar-refractivity contribution in [2.24, 2.45) is 0 Å². The van der Waals surface area contributed by atoms with Gasteiger partial charge in [0.05, 0.1) is 17.2 Å². The zero-order valence-corrected chi connectivity index (χ0v) is 12.3. The Bertz CT molecular complexity index is 491. The van der Waals surface area contributed by atoms with Crippen molar-refractivity contribution in [2.45, 2.75) is 58.2 Å². The minimum absolute atomic E-state index is 0.0785. The summed E-state index contributed by atoms with van der Waals surface area (Å²) in [6.45, 7) is 3.99. The van der Waals surface area contributed by atoms with Gasteiger partial charge in [0.25, 0.3) is 0 Å². The predicted octanol–water partition coefficient (Wildman–Crippen LogP) is 5.31. The third kappa shape index (κ3) is 5.66. The molecule has 1 rings (SSSR count). The second-order valence-electron chi connectivity index (χ2n) is 5.10. The van der Waals surface area contributed by atoms with Crippen LogP contribution in [0.5, 0.6) is 5.75 Å². The Morgan fingerprint density at radius 1 is 1.24 bits per heavy atom. The maximum Gasteiger partial charge on any atom is 0.416 e. The fraction of sp³-hybridized carbons (Fsp3) is 0.562. The SMILES string of the molecule is CCCCCCC(C)Oc1ccc(C(F)(F)F)cc1C#N. The van der Waals surface area contributed by atoms with E-state index in [2.05, 4.69) is 6.92 Å². The van der Waals surface area contributed by atoms with E-state index >= 15 is 0 Å². The largest absolute Gasteiger partial charge is 0.489 e. The number of hydrogen-bond donors (Lipinski definition) is 0. The van der Waals surface area contributed by atoms with Crippen LogP contribution in [0.2, 0.25) is 0 Å². The topological polar surface area (TPSA) is 33.0 Å². The first kappa shape index (κ1) is 17.4. The lowest BCUT2D eigenvalue weighted by molar-refractivity contribution is -0.137. The molecule has 0 spiro atoms. The highest BCUT2D eigenvalue weighted by Crippen LogP contribution is 2.32. The summed E-state index contributed by atoms with van der Waals surface area (Å²) in [6, 6.07) is 4.77. The Balaban J connectivity index is 2.69. The highest BCUT2D eigenvalue weighted by Gasteiger charge is 2.31. The number of halogens is 3. The third-order valence-electron chi connectivity index (χ3n) is 3.22. The first-order valence-corrected chi connectivity index (χ1v) is 7.16. The van der Waals surface area contributed by atoms with Gasteiger partial charge in [0.1, 0.15) is 11.8 Å². The zero-order chi connectivity index (χ0) is 15.9. The lowest BCUT2D eigenvalue weighted by Gasteiger charge is -2.16. The van der Waals surface area contributed by atoms with Crippen molar-refractivity contribution in [3.63, 3.8) is 0 Å². The van der Waals surface area contributed by atoms with Gasteiger partial charge in [-0.1, -0.05) is 26.2 Å². The molecule has 0 N–H and O–H groups in total. The summed E-state index contributed by atoms with van der Waals surface area (Å²) in [7, 11) is 0. The molecule has 21 heavy (non-hydrogen) atoms. The van der Waals surface area contributed by atoms with Crippen LogP contribution in [0, 0.1) is 11.3 Å². The number of rotatable bonds is 7. The summed E-state index contributed by atoms with van der Waals surface area (Å²) in [5.41, 5.74) is -0.910. The van der Waals surface area contributed by atoms with Gasteiger partial charge < -0.3 is 4.74 Å². The molecule has 0 heterocycles. The molecule has 0 fully saturated rings. The van der Waals surface area contributed by atoms with E-state index in [-0.39, 0.29) is 17.4 Å². The van der Waals surface area contributed by atoms with Gasteiger partial charge in [-0.3, -0.25) is 0 Å². The smallest absolute Gasteiger partial charge is 0.416 e. The molecular weight excluding hydrogens is 279 g/mol. The van der Waals surface area contributed by atoms with Crippen molar-refractivity contribution in [3.05, 3.63) is 29.3 Å². The minimum atomic E-state index is -4.45. The minimum Gasteiger partial charge on any atom is -0.489 e. The summed E-state index contributed by atoms with van der Waals surface area (Å²) >= 11 is 0. The summed E-state index contributed by atoms with van der Waals surface area (Å²) in [5, 5.41) is 8.97. The van der Waals surface area contributed by atoms with Crippen LogP contribution in [-0.4, -0.2) is 6.10 Å². The molecule has 0 saturated heterocycles. The van der Waals surface area contributed by atoms with Crippen molar-refractivity contribution in [1.82, 2.24) is 0 Å². The number of hydrogen-bond acceptors (Lipinski definition) is 2. The summed E-state index contributed by atoms with van der Waals surface area (Å²) in [6.07, 6.45) is 0.691. The molecule has 116 valence electrons. The maximum atomic E-state index is 12.6. The Morgan fingerprint density at radius 3 is 2.52 bits per heavy atom. The first-order valence-electron chi connectivity index (χ1n) is 7.16. The van der Waals surface area contributed by atoms with Crippen molar-refractivity contribution < 1.29 is 17.9 Å². The van der Waals surface area contributed by atoms with Gasteiger partial charge in [0, 0.05) is 0 Å². The highest BCUT2D eigenvalue weighted by atomic mass is 19.4. The molecule has 0 aliphatic heterocycles. The number of ether oxygens (including phenoxy) is 1. The average Bonchev–Trinajstić information content (AvgIpc) is 2.43. The van der Waals surface area contributed by atoms with Crippen molar-refractivity contribution in [1.29, 1.82) is 5.26 Å². The maximum absolute atomic E-state index is 12.6. The molecule has 0 saturated carbocycles. The van der Waals surface area contributed by atoms with E-state index in [1.165, 1.54) is 6.07 Å². The number of benzene rings is 1. The van der Waals surface area contributed by atoms with Gasteiger partial charge in [-0.05, 0) is 38.0 Å². The Labute approximate surface area is 123 Å². The van der Waals surface area contributed by atoms with Gasteiger partial charge in [0.2, 0.25) is 0 Å². The lowest BCUT2D eigenvalue weighted by atomic mass is 10.1. The molecule has 1 aromatic carbocycles. The second-order valence-corrected chi connectivity index (χ2v) is 5.10. The molecule has 0 amide bonds. The van der Waals surface area contributed by atoms with Crippen LogP contribution in [-0.2, 0) is 6.18 Å². The number of unbranched alkanes of at least 4 members (excludes halogenated alkanes) is 3. The van der Waals surface area contributed by atoms with E-state index in [0.717, 1.165) is 44.2 Å². The van der Waals surface area contributed by atoms with Crippen LogP contribution in [0.15, 0.2) is 18.2 Å². The number of nitrogens with zero attached hydrogens (tertiary/aromatic N) is 1. The molecule has 2 nitrogen and oxygen atoms in total. The van der Waals surface area contributed by atoms with E-state index < -0.39 is 11.7 Å². The highest BCUT2D eigenvalue weighted by molar-refractivity contribution is 5.46. The van der Waals surface area contributed by atoms with Crippen LogP contribution in [0.1, 0.15) is 57.1 Å². The molecule has 0 radical (unpaired) electrons. The Hall–Kier alpha value is -1.70. The molecule has 0 bridgehead atoms. The van der Waals surface area contributed by atoms with E-state index in [0.29, 0.717) is 0 Å². The third-order valence-corrected chi connectivity index (χ3v) is 3.22. The number of nitriles is 1. The van der Waals surface area contributed by atoms with Gasteiger partial charge >= 0.3 is 6.18 Å². The van der Waals surface area contributed by atoms with Gasteiger partial charge in [-0.25, -0.2) is 0 Å². The molecular formula is C16H20F3NO. The molecule has 5 heteroatoms. The van der Waals surface area contributed by atoms with Crippen molar-refractivity contribution >= 4 is 0 Å². The average molecular weight is 299 g/mol.